The van der Waals surface area contributed by atoms with Crippen LogP contribution in [0.3, 0.4) is 0 Å². The van der Waals surface area contributed by atoms with E-state index in [9.17, 15) is 14.0 Å². The van der Waals surface area contributed by atoms with Gasteiger partial charge in [0.1, 0.15) is 11.6 Å². The Kier molecular flexibility index (Phi) is 5.81. The molecular weight excluding hydrogens is 403 g/mol. The highest BCUT2D eigenvalue weighted by Crippen LogP contribution is 2.30. The third-order valence-corrected chi connectivity index (χ3v) is 5.81. The molecule has 0 fully saturated rings. The molecule has 0 radical (unpaired) electrons. The Labute approximate surface area is 178 Å². The van der Waals surface area contributed by atoms with Gasteiger partial charge in [0.15, 0.2) is 6.10 Å². The molecule has 154 valence electrons. The minimum atomic E-state index is -0.585. The van der Waals surface area contributed by atoms with Crippen LogP contribution in [0.25, 0.3) is 0 Å². The van der Waals surface area contributed by atoms with E-state index in [-0.39, 0.29) is 17.6 Å². The Bertz CT molecular complexity index is 1050. The van der Waals surface area contributed by atoms with Gasteiger partial charge in [-0.3, -0.25) is 9.59 Å². The van der Waals surface area contributed by atoms with Gasteiger partial charge in [-0.2, -0.15) is 0 Å². The summed E-state index contributed by atoms with van der Waals surface area (Å²) in [5, 5.41) is 4.74. The van der Waals surface area contributed by atoms with Gasteiger partial charge in [-0.05, 0) is 53.8 Å². The third kappa shape index (κ3) is 4.36. The first kappa shape index (κ1) is 20.1. The molecule has 0 bridgehead atoms. The van der Waals surface area contributed by atoms with E-state index in [0.717, 1.165) is 11.1 Å². The zero-order chi connectivity index (χ0) is 21.1. The lowest BCUT2D eigenvalue weighted by molar-refractivity contribution is -0.139. The molecule has 0 spiro atoms. The van der Waals surface area contributed by atoms with E-state index in [1.54, 1.807) is 35.2 Å². The van der Waals surface area contributed by atoms with E-state index in [2.05, 4.69) is 5.32 Å². The summed E-state index contributed by atoms with van der Waals surface area (Å²) in [6.07, 6.45) is -0.0482. The van der Waals surface area contributed by atoms with Crippen molar-refractivity contribution in [1.82, 2.24) is 4.90 Å². The van der Waals surface area contributed by atoms with Crippen molar-refractivity contribution in [2.75, 3.05) is 5.32 Å². The maximum atomic E-state index is 13.2. The van der Waals surface area contributed by atoms with Crippen molar-refractivity contribution in [3.8, 4) is 5.75 Å². The summed E-state index contributed by atoms with van der Waals surface area (Å²) in [6.45, 7) is 2.59. The Morgan fingerprint density at radius 1 is 1.23 bits per heavy atom. The lowest BCUT2D eigenvalue weighted by atomic mass is 10.1. The number of thiophene rings is 1. The number of benzene rings is 2. The van der Waals surface area contributed by atoms with Crippen molar-refractivity contribution in [1.29, 1.82) is 0 Å². The van der Waals surface area contributed by atoms with Gasteiger partial charge >= 0.3 is 0 Å². The summed E-state index contributed by atoms with van der Waals surface area (Å²) in [6, 6.07) is 15.1. The summed E-state index contributed by atoms with van der Waals surface area (Å²) >= 11 is 1.37. The van der Waals surface area contributed by atoms with Crippen molar-refractivity contribution in [3.63, 3.8) is 0 Å². The maximum absolute atomic E-state index is 13.2. The maximum Gasteiger partial charge on any atom is 0.265 e. The molecule has 30 heavy (non-hydrogen) atoms. The van der Waals surface area contributed by atoms with Crippen molar-refractivity contribution in [3.05, 3.63) is 81.8 Å². The number of amides is 2. The molecule has 5 nitrogen and oxygen atoms in total. The Hall–Kier alpha value is -3.19. The van der Waals surface area contributed by atoms with Gasteiger partial charge in [0, 0.05) is 24.3 Å². The van der Waals surface area contributed by atoms with Gasteiger partial charge < -0.3 is 15.0 Å². The number of hydrogen-bond donors (Lipinski definition) is 1. The summed E-state index contributed by atoms with van der Waals surface area (Å²) in [7, 11) is 0. The first-order valence-electron chi connectivity index (χ1n) is 9.71. The van der Waals surface area contributed by atoms with Crippen LogP contribution in [0.1, 0.15) is 34.1 Å². The Balaban J connectivity index is 1.59. The van der Waals surface area contributed by atoms with Gasteiger partial charge in [-0.15, -0.1) is 11.3 Å². The monoisotopic (exact) mass is 424 g/mol. The molecular formula is C23H21FN2O3S. The quantitative estimate of drug-likeness (QED) is 0.638. The van der Waals surface area contributed by atoms with Crippen molar-refractivity contribution in [2.45, 2.75) is 32.5 Å². The van der Waals surface area contributed by atoms with Crippen molar-refractivity contribution in [2.24, 2.45) is 0 Å². The van der Waals surface area contributed by atoms with Crippen LogP contribution in [0.15, 0.2) is 60.0 Å². The smallest absolute Gasteiger partial charge is 0.265 e. The van der Waals surface area contributed by atoms with Crippen LogP contribution in [0.2, 0.25) is 0 Å². The number of carbonyl (C=O) groups is 2. The highest BCUT2D eigenvalue weighted by Gasteiger charge is 2.30. The van der Waals surface area contributed by atoms with Crippen LogP contribution in [-0.4, -0.2) is 22.8 Å². The van der Waals surface area contributed by atoms with Gasteiger partial charge in [0.2, 0.25) is 0 Å². The second kappa shape index (κ2) is 8.67. The normalized spacial score (nSPS) is 15.9. The van der Waals surface area contributed by atoms with Gasteiger partial charge in [-0.1, -0.05) is 25.1 Å². The number of nitrogens with zero attached hydrogens (tertiary/aromatic N) is 1. The van der Waals surface area contributed by atoms with Gasteiger partial charge in [0.05, 0.1) is 4.88 Å². The molecule has 0 aliphatic carbocycles. The van der Waals surface area contributed by atoms with Crippen molar-refractivity contribution < 1.29 is 18.7 Å². The summed E-state index contributed by atoms with van der Waals surface area (Å²) in [4.78, 5) is 27.7. The molecule has 1 aliphatic rings. The molecule has 2 amide bonds. The zero-order valence-corrected chi connectivity index (χ0v) is 17.2. The van der Waals surface area contributed by atoms with E-state index < -0.39 is 6.10 Å². The Morgan fingerprint density at radius 3 is 2.73 bits per heavy atom. The fourth-order valence-electron chi connectivity index (χ4n) is 3.39. The summed E-state index contributed by atoms with van der Waals surface area (Å²) in [5.74, 6) is 0.0328. The van der Waals surface area contributed by atoms with Crippen LogP contribution in [0.5, 0.6) is 5.75 Å². The van der Waals surface area contributed by atoms with Crippen LogP contribution < -0.4 is 10.1 Å². The van der Waals surface area contributed by atoms with E-state index in [1.165, 1.54) is 23.5 Å². The lowest BCUT2D eigenvalue weighted by Gasteiger charge is -2.23. The number of fused-ring (bicyclic) bond motifs is 1. The predicted octanol–water partition coefficient (Wildman–Crippen LogP) is 4.84. The van der Waals surface area contributed by atoms with Crippen LogP contribution >= 0.6 is 11.3 Å². The fourth-order valence-corrected chi connectivity index (χ4v) is 4.01. The highest BCUT2D eigenvalue weighted by atomic mass is 32.1. The lowest BCUT2D eigenvalue weighted by Crippen LogP contribution is -2.38. The minimum Gasteiger partial charge on any atom is -0.480 e. The first-order valence-corrected chi connectivity index (χ1v) is 10.6. The molecule has 4 rings (SSSR count). The summed E-state index contributed by atoms with van der Waals surface area (Å²) < 4.78 is 19.2. The van der Waals surface area contributed by atoms with Crippen LogP contribution in [0.4, 0.5) is 10.1 Å². The van der Waals surface area contributed by atoms with Gasteiger partial charge in [0.25, 0.3) is 11.8 Å². The minimum absolute atomic E-state index is 0.109. The van der Waals surface area contributed by atoms with Crippen LogP contribution in [0, 0.1) is 5.82 Å². The van der Waals surface area contributed by atoms with Crippen LogP contribution in [-0.2, 0) is 17.9 Å². The molecule has 7 heteroatoms. The average molecular weight is 424 g/mol. The number of rotatable bonds is 5. The molecule has 1 atom stereocenters. The third-order valence-electron chi connectivity index (χ3n) is 4.94. The average Bonchev–Trinajstić information content (AvgIpc) is 3.25. The number of anilines is 1. The van der Waals surface area contributed by atoms with Crippen molar-refractivity contribution >= 4 is 28.8 Å². The number of hydrogen-bond acceptors (Lipinski definition) is 4. The zero-order valence-electron chi connectivity index (χ0n) is 16.4. The summed E-state index contributed by atoms with van der Waals surface area (Å²) in [5.41, 5.74) is 2.29. The Morgan fingerprint density at radius 2 is 2.03 bits per heavy atom. The van der Waals surface area contributed by atoms with E-state index in [0.29, 0.717) is 35.8 Å². The number of nitrogens with one attached hydrogen (secondary N) is 1. The molecule has 0 unspecified atom stereocenters. The van der Waals surface area contributed by atoms with E-state index in [1.807, 2.05) is 24.4 Å². The molecule has 1 N–H and O–H groups in total. The molecule has 0 saturated carbocycles. The molecule has 3 aromatic rings. The molecule has 2 heterocycles. The molecule has 1 aliphatic heterocycles. The molecule has 1 aromatic heterocycles. The number of ether oxygens (including phenoxy) is 1. The molecule has 0 saturated heterocycles. The number of carbonyl (C=O) groups excluding carboxylic acids is 2. The number of halogens is 1. The largest absolute Gasteiger partial charge is 0.480 e. The standard InChI is InChI=1S/C23H21FN2O3S/c1-2-19-23(28)26(13-15-5-7-17(24)8-6-15)14-16-12-18(9-10-20(16)29-19)25-22(27)21-4-3-11-30-21/h3-12,19H,2,13-14H2,1H3,(H,25,27)/t19-/m0/s1. The second-order valence-corrected chi connectivity index (χ2v) is 8.04. The SMILES string of the molecule is CC[C@@H]1Oc2ccc(NC(=O)c3cccs3)cc2CN(Cc2ccc(F)cc2)C1=O. The molecule has 2 aromatic carbocycles. The topological polar surface area (TPSA) is 58.6 Å². The highest BCUT2D eigenvalue weighted by molar-refractivity contribution is 7.12. The predicted molar refractivity (Wildman–Crippen MR) is 114 cm³/mol. The fraction of sp³-hybridized carbons (Fsp3) is 0.217. The first-order chi connectivity index (χ1) is 14.5. The van der Waals surface area contributed by atoms with E-state index in [4.69, 9.17) is 4.74 Å². The second-order valence-electron chi connectivity index (χ2n) is 7.09. The van der Waals surface area contributed by atoms with E-state index >= 15 is 0 Å². The van der Waals surface area contributed by atoms with Gasteiger partial charge in [-0.25, -0.2) is 4.39 Å².